The van der Waals surface area contributed by atoms with Crippen molar-refractivity contribution in [3.63, 3.8) is 0 Å². The monoisotopic (exact) mass is 246 g/mol. The van der Waals surface area contributed by atoms with E-state index in [4.69, 9.17) is 15.9 Å². The molecule has 2 unspecified atom stereocenters. The first kappa shape index (κ1) is 15.4. The van der Waals surface area contributed by atoms with Crippen molar-refractivity contribution in [2.24, 2.45) is 11.1 Å². The van der Waals surface area contributed by atoms with E-state index in [1.807, 2.05) is 0 Å². The quantitative estimate of drug-likeness (QED) is 0.512. The SMILES string of the molecule is CC(C)(C)C(N)C(=O)NC(CC(=O)O)C(=O)O. The highest BCUT2D eigenvalue weighted by atomic mass is 16.4. The van der Waals surface area contributed by atoms with E-state index in [1.54, 1.807) is 20.8 Å². The summed E-state index contributed by atoms with van der Waals surface area (Å²) < 4.78 is 0. The molecule has 17 heavy (non-hydrogen) atoms. The number of hydrogen-bond acceptors (Lipinski definition) is 4. The second kappa shape index (κ2) is 5.62. The number of carboxylic acids is 2. The van der Waals surface area contributed by atoms with Crippen molar-refractivity contribution in [2.45, 2.75) is 39.3 Å². The van der Waals surface area contributed by atoms with Gasteiger partial charge >= 0.3 is 11.9 Å². The number of carbonyl (C=O) groups is 3. The van der Waals surface area contributed by atoms with Crippen LogP contribution >= 0.6 is 0 Å². The summed E-state index contributed by atoms with van der Waals surface area (Å²) in [6, 6.07) is -2.37. The lowest BCUT2D eigenvalue weighted by molar-refractivity contribution is -0.147. The molecule has 0 aromatic rings. The van der Waals surface area contributed by atoms with Crippen LogP contribution < -0.4 is 11.1 Å². The zero-order valence-corrected chi connectivity index (χ0v) is 10.1. The first-order chi connectivity index (χ1) is 7.55. The molecule has 0 aromatic carbocycles. The maximum atomic E-state index is 11.6. The molecule has 0 aliphatic rings. The van der Waals surface area contributed by atoms with Gasteiger partial charge in [-0.15, -0.1) is 0 Å². The van der Waals surface area contributed by atoms with Crippen LogP contribution in [0.15, 0.2) is 0 Å². The van der Waals surface area contributed by atoms with Crippen LogP contribution in [0.25, 0.3) is 0 Å². The average molecular weight is 246 g/mol. The third kappa shape index (κ3) is 5.30. The predicted octanol–water partition coefficient (Wildman–Crippen LogP) is -0.596. The lowest BCUT2D eigenvalue weighted by atomic mass is 9.87. The summed E-state index contributed by atoms with van der Waals surface area (Å²) in [6.45, 7) is 5.18. The molecule has 0 bridgehead atoms. The molecule has 0 spiro atoms. The molecule has 2 atom stereocenters. The molecule has 5 N–H and O–H groups in total. The van der Waals surface area contributed by atoms with Crippen LogP contribution in [-0.2, 0) is 14.4 Å². The van der Waals surface area contributed by atoms with Crippen molar-refractivity contribution >= 4 is 17.8 Å². The first-order valence-corrected chi connectivity index (χ1v) is 5.06. The van der Waals surface area contributed by atoms with E-state index >= 15 is 0 Å². The van der Waals surface area contributed by atoms with E-state index in [9.17, 15) is 14.4 Å². The van der Waals surface area contributed by atoms with Crippen molar-refractivity contribution in [1.29, 1.82) is 0 Å². The van der Waals surface area contributed by atoms with Crippen LogP contribution in [0, 0.1) is 5.41 Å². The predicted molar refractivity (Wildman–Crippen MR) is 59.2 cm³/mol. The molecular weight excluding hydrogens is 228 g/mol. The summed E-state index contributed by atoms with van der Waals surface area (Å²) in [5.74, 6) is -3.38. The van der Waals surface area contributed by atoms with E-state index in [0.29, 0.717) is 0 Å². The molecule has 7 heteroatoms. The van der Waals surface area contributed by atoms with E-state index in [1.165, 1.54) is 0 Å². The van der Waals surface area contributed by atoms with Gasteiger partial charge in [-0.05, 0) is 5.41 Å². The highest BCUT2D eigenvalue weighted by Gasteiger charge is 2.31. The van der Waals surface area contributed by atoms with Gasteiger partial charge < -0.3 is 21.3 Å². The molecule has 0 heterocycles. The van der Waals surface area contributed by atoms with Gasteiger partial charge in [0.25, 0.3) is 0 Å². The van der Waals surface area contributed by atoms with E-state index < -0.39 is 41.8 Å². The Balaban J connectivity index is 4.62. The number of hydrogen-bond donors (Lipinski definition) is 4. The fraction of sp³-hybridized carbons (Fsp3) is 0.700. The summed E-state index contributed by atoms with van der Waals surface area (Å²) >= 11 is 0. The molecule has 98 valence electrons. The third-order valence-corrected chi connectivity index (χ3v) is 2.21. The molecule has 0 aromatic heterocycles. The Morgan fingerprint density at radius 2 is 1.71 bits per heavy atom. The molecule has 7 nitrogen and oxygen atoms in total. The molecule has 0 saturated heterocycles. The van der Waals surface area contributed by atoms with Gasteiger partial charge in [0.1, 0.15) is 6.04 Å². The van der Waals surface area contributed by atoms with Crippen molar-refractivity contribution in [3.05, 3.63) is 0 Å². The summed E-state index contributed by atoms with van der Waals surface area (Å²) in [6.07, 6.45) is -0.683. The van der Waals surface area contributed by atoms with Crippen LogP contribution in [0.3, 0.4) is 0 Å². The smallest absolute Gasteiger partial charge is 0.326 e. The summed E-state index contributed by atoms with van der Waals surface area (Å²) in [7, 11) is 0. The number of amides is 1. The fourth-order valence-electron chi connectivity index (χ4n) is 1.03. The normalized spacial score (nSPS) is 14.8. The zero-order valence-electron chi connectivity index (χ0n) is 10.1. The van der Waals surface area contributed by atoms with Crippen LogP contribution in [0.2, 0.25) is 0 Å². The molecule has 0 rings (SSSR count). The first-order valence-electron chi connectivity index (χ1n) is 5.06. The van der Waals surface area contributed by atoms with Gasteiger partial charge in [-0.25, -0.2) is 4.79 Å². The van der Waals surface area contributed by atoms with Crippen molar-refractivity contribution in [3.8, 4) is 0 Å². The van der Waals surface area contributed by atoms with Crippen LogP contribution in [-0.4, -0.2) is 40.1 Å². The zero-order chi connectivity index (χ0) is 13.8. The third-order valence-electron chi connectivity index (χ3n) is 2.21. The highest BCUT2D eigenvalue weighted by Crippen LogP contribution is 2.17. The van der Waals surface area contributed by atoms with E-state index in [2.05, 4.69) is 5.32 Å². The average Bonchev–Trinajstić information content (AvgIpc) is 2.13. The second-order valence-electron chi connectivity index (χ2n) is 4.84. The maximum absolute atomic E-state index is 11.6. The second-order valence-corrected chi connectivity index (χ2v) is 4.84. The summed E-state index contributed by atoms with van der Waals surface area (Å²) in [5, 5.41) is 19.3. The van der Waals surface area contributed by atoms with Gasteiger partial charge in [-0.2, -0.15) is 0 Å². The number of nitrogens with two attached hydrogens (primary N) is 1. The summed E-state index contributed by atoms with van der Waals surface area (Å²) in [4.78, 5) is 32.7. The Hall–Kier alpha value is -1.63. The fourth-order valence-corrected chi connectivity index (χ4v) is 1.03. The van der Waals surface area contributed by atoms with Crippen LogP contribution in [0.5, 0.6) is 0 Å². The minimum Gasteiger partial charge on any atom is -0.481 e. The minimum atomic E-state index is -1.46. The number of rotatable bonds is 5. The van der Waals surface area contributed by atoms with Crippen LogP contribution in [0.4, 0.5) is 0 Å². The Kier molecular flexibility index (Phi) is 5.09. The molecule has 0 fully saturated rings. The van der Waals surface area contributed by atoms with Crippen molar-refractivity contribution < 1.29 is 24.6 Å². The van der Waals surface area contributed by atoms with Gasteiger partial charge in [-0.1, -0.05) is 20.8 Å². The number of carboxylic acid groups (broad SMARTS) is 2. The number of carbonyl (C=O) groups excluding carboxylic acids is 1. The van der Waals surface area contributed by atoms with Crippen molar-refractivity contribution in [2.75, 3.05) is 0 Å². The van der Waals surface area contributed by atoms with E-state index in [-0.39, 0.29) is 0 Å². The topological polar surface area (TPSA) is 130 Å². The minimum absolute atomic E-state index is 0.531. The lowest BCUT2D eigenvalue weighted by Gasteiger charge is -2.27. The Morgan fingerprint density at radius 3 is 2.00 bits per heavy atom. The number of aliphatic carboxylic acids is 2. The molecule has 1 amide bonds. The Bertz CT molecular complexity index is 321. The molecule has 0 aliphatic heterocycles. The van der Waals surface area contributed by atoms with Crippen LogP contribution in [0.1, 0.15) is 27.2 Å². The maximum Gasteiger partial charge on any atom is 0.326 e. The Labute approximate surface area is 99.0 Å². The Morgan fingerprint density at radius 1 is 1.24 bits per heavy atom. The largest absolute Gasteiger partial charge is 0.481 e. The standard InChI is InChI=1S/C10H18N2O5/c1-10(2,3)7(11)8(15)12-5(9(16)17)4-6(13)14/h5,7H,4,11H2,1-3H3,(H,12,15)(H,13,14)(H,16,17). The molecule has 0 radical (unpaired) electrons. The van der Waals surface area contributed by atoms with Gasteiger partial charge in [-0.3, -0.25) is 9.59 Å². The van der Waals surface area contributed by atoms with Gasteiger partial charge in [0.15, 0.2) is 0 Å². The van der Waals surface area contributed by atoms with Crippen molar-refractivity contribution in [1.82, 2.24) is 5.32 Å². The number of nitrogens with one attached hydrogen (secondary N) is 1. The molecule has 0 saturated carbocycles. The molecular formula is C10H18N2O5. The molecule has 0 aliphatic carbocycles. The van der Waals surface area contributed by atoms with Gasteiger partial charge in [0, 0.05) is 0 Å². The van der Waals surface area contributed by atoms with Gasteiger partial charge in [0.2, 0.25) is 5.91 Å². The van der Waals surface area contributed by atoms with Gasteiger partial charge in [0.05, 0.1) is 12.5 Å². The summed E-state index contributed by atoms with van der Waals surface area (Å²) in [5.41, 5.74) is 5.09. The van der Waals surface area contributed by atoms with E-state index in [0.717, 1.165) is 0 Å². The lowest BCUT2D eigenvalue weighted by Crippen LogP contribution is -2.53. The highest BCUT2D eigenvalue weighted by molar-refractivity contribution is 5.89.